The largest absolute Gasteiger partial charge is 0.379 e. The lowest BCUT2D eigenvalue weighted by Gasteiger charge is -2.22. The zero-order valence-electron chi connectivity index (χ0n) is 11.1. The lowest BCUT2D eigenvalue weighted by Crippen LogP contribution is -2.28. The molecule has 106 valence electrons. The molecule has 1 heterocycles. The van der Waals surface area contributed by atoms with Crippen molar-refractivity contribution in [2.24, 2.45) is 0 Å². The van der Waals surface area contributed by atoms with Crippen LogP contribution in [0.2, 0.25) is 0 Å². The topological polar surface area (TPSA) is 97.4 Å². The summed E-state index contributed by atoms with van der Waals surface area (Å²) in [5, 5.41) is 22.7. The normalized spacial score (nSPS) is 16.6. The summed E-state index contributed by atoms with van der Waals surface area (Å²) in [6.45, 7) is 3.44. The Morgan fingerprint density at radius 1 is 1.50 bits per heavy atom. The van der Waals surface area contributed by atoms with Gasteiger partial charge < -0.3 is 14.8 Å². The summed E-state index contributed by atoms with van der Waals surface area (Å²) in [5.41, 5.74) is 0.537. The molecule has 2 rings (SSSR count). The maximum absolute atomic E-state index is 11.0. The van der Waals surface area contributed by atoms with Crippen molar-refractivity contribution in [3.05, 3.63) is 33.9 Å². The van der Waals surface area contributed by atoms with Gasteiger partial charge in [-0.25, -0.2) is 0 Å². The Balaban J connectivity index is 2.02. The lowest BCUT2D eigenvalue weighted by atomic mass is 10.1. The van der Waals surface area contributed by atoms with Crippen LogP contribution in [0.25, 0.3) is 0 Å². The number of anilines is 1. The van der Waals surface area contributed by atoms with E-state index in [0.717, 1.165) is 0 Å². The van der Waals surface area contributed by atoms with Crippen LogP contribution in [0.1, 0.15) is 18.9 Å². The summed E-state index contributed by atoms with van der Waals surface area (Å²) in [7, 11) is 0. The third-order valence-electron chi connectivity index (χ3n) is 3.12. The molecular weight excluding hydrogens is 262 g/mol. The number of rotatable bonds is 5. The van der Waals surface area contributed by atoms with Crippen LogP contribution in [0.3, 0.4) is 0 Å². The van der Waals surface area contributed by atoms with E-state index in [0.29, 0.717) is 31.9 Å². The second-order valence-corrected chi connectivity index (χ2v) is 4.61. The predicted molar refractivity (Wildman–Crippen MR) is 71.2 cm³/mol. The number of nitro benzene ring substituents is 1. The van der Waals surface area contributed by atoms with Crippen LogP contribution in [-0.2, 0) is 9.47 Å². The fraction of sp³-hybridized carbons (Fsp3) is 0.462. The van der Waals surface area contributed by atoms with Crippen LogP contribution in [0.15, 0.2) is 18.2 Å². The van der Waals surface area contributed by atoms with Gasteiger partial charge in [0.15, 0.2) is 5.79 Å². The molecule has 0 aromatic heterocycles. The summed E-state index contributed by atoms with van der Waals surface area (Å²) in [6.07, 6.45) is 0.574. The summed E-state index contributed by atoms with van der Waals surface area (Å²) >= 11 is 0. The van der Waals surface area contributed by atoms with Crippen LogP contribution < -0.4 is 5.32 Å². The first kappa shape index (κ1) is 14.2. The monoisotopic (exact) mass is 277 g/mol. The Morgan fingerprint density at radius 3 is 2.80 bits per heavy atom. The first-order chi connectivity index (χ1) is 9.54. The SMILES string of the molecule is CC1(CCNc2ccc(C#N)cc2[N+](=O)[O-])OCCO1. The lowest BCUT2D eigenvalue weighted by molar-refractivity contribution is -0.384. The molecule has 0 bridgehead atoms. The zero-order chi connectivity index (χ0) is 14.6. The molecule has 0 atom stereocenters. The van der Waals surface area contributed by atoms with Crippen LogP contribution in [0.4, 0.5) is 11.4 Å². The number of ether oxygens (including phenoxy) is 2. The quantitative estimate of drug-likeness (QED) is 0.653. The molecule has 1 aromatic carbocycles. The Bertz CT molecular complexity index is 547. The molecule has 1 N–H and O–H groups in total. The minimum atomic E-state index is -0.631. The van der Waals surface area contributed by atoms with Gasteiger partial charge in [0.2, 0.25) is 0 Å². The first-order valence-corrected chi connectivity index (χ1v) is 6.24. The Kier molecular flexibility index (Phi) is 4.17. The van der Waals surface area contributed by atoms with Crippen molar-refractivity contribution in [3.63, 3.8) is 0 Å². The smallest absolute Gasteiger partial charge is 0.293 e. The van der Waals surface area contributed by atoms with Gasteiger partial charge in [-0.05, 0) is 19.1 Å². The van der Waals surface area contributed by atoms with Gasteiger partial charge in [-0.15, -0.1) is 0 Å². The van der Waals surface area contributed by atoms with E-state index in [9.17, 15) is 10.1 Å². The molecule has 1 aliphatic rings. The maximum atomic E-state index is 11.0. The van der Waals surface area contributed by atoms with Crippen LogP contribution >= 0.6 is 0 Å². The fourth-order valence-corrected chi connectivity index (χ4v) is 2.03. The van der Waals surface area contributed by atoms with Crippen LogP contribution in [0, 0.1) is 21.4 Å². The highest BCUT2D eigenvalue weighted by molar-refractivity contribution is 5.64. The number of nitriles is 1. The van der Waals surface area contributed by atoms with E-state index in [1.807, 2.05) is 13.0 Å². The zero-order valence-corrected chi connectivity index (χ0v) is 11.1. The molecule has 1 aromatic rings. The van der Waals surface area contributed by atoms with E-state index in [4.69, 9.17) is 14.7 Å². The Labute approximate surface area is 116 Å². The molecule has 0 radical (unpaired) electrons. The van der Waals surface area contributed by atoms with Crippen molar-refractivity contribution in [2.45, 2.75) is 19.1 Å². The van der Waals surface area contributed by atoms with Gasteiger partial charge in [0.25, 0.3) is 5.69 Å². The van der Waals surface area contributed by atoms with Gasteiger partial charge in [-0.1, -0.05) is 0 Å². The molecule has 0 unspecified atom stereocenters. The van der Waals surface area contributed by atoms with Crippen molar-refractivity contribution in [2.75, 3.05) is 25.1 Å². The summed E-state index contributed by atoms with van der Waals surface area (Å²) in [6, 6.07) is 6.22. The molecular formula is C13H15N3O4. The molecule has 0 amide bonds. The van der Waals surface area contributed by atoms with Crippen molar-refractivity contribution < 1.29 is 14.4 Å². The van der Waals surface area contributed by atoms with Gasteiger partial charge in [-0.3, -0.25) is 10.1 Å². The number of benzene rings is 1. The average molecular weight is 277 g/mol. The fourth-order valence-electron chi connectivity index (χ4n) is 2.03. The number of hydrogen-bond donors (Lipinski definition) is 1. The van der Waals surface area contributed by atoms with E-state index < -0.39 is 10.7 Å². The van der Waals surface area contributed by atoms with E-state index in [-0.39, 0.29) is 11.3 Å². The second-order valence-electron chi connectivity index (χ2n) is 4.61. The standard InChI is InChI=1S/C13H15N3O4/c1-13(19-6-7-20-13)4-5-15-11-3-2-10(9-14)8-12(11)16(17)18/h2-3,8,15H,4-7H2,1H3. The van der Waals surface area contributed by atoms with Crippen LogP contribution in [0.5, 0.6) is 0 Å². The first-order valence-electron chi connectivity index (χ1n) is 6.24. The van der Waals surface area contributed by atoms with Crippen LogP contribution in [-0.4, -0.2) is 30.5 Å². The van der Waals surface area contributed by atoms with Gasteiger partial charge in [-0.2, -0.15) is 5.26 Å². The van der Waals surface area contributed by atoms with E-state index in [2.05, 4.69) is 5.32 Å². The third kappa shape index (κ3) is 3.23. The summed E-state index contributed by atoms with van der Waals surface area (Å²) < 4.78 is 10.9. The third-order valence-corrected chi connectivity index (χ3v) is 3.12. The summed E-state index contributed by atoms with van der Waals surface area (Å²) in [5.74, 6) is -0.631. The number of hydrogen-bond acceptors (Lipinski definition) is 6. The molecule has 7 nitrogen and oxygen atoms in total. The van der Waals surface area contributed by atoms with E-state index >= 15 is 0 Å². The molecule has 20 heavy (non-hydrogen) atoms. The number of nitro groups is 1. The molecule has 1 aliphatic heterocycles. The van der Waals surface area contributed by atoms with Crippen molar-refractivity contribution in [1.82, 2.24) is 0 Å². The van der Waals surface area contributed by atoms with Gasteiger partial charge in [0.05, 0.1) is 29.8 Å². The van der Waals surface area contributed by atoms with Crippen molar-refractivity contribution >= 4 is 11.4 Å². The highest BCUT2D eigenvalue weighted by Gasteiger charge is 2.30. The van der Waals surface area contributed by atoms with E-state index in [1.54, 1.807) is 6.07 Å². The van der Waals surface area contributed by atoms with Gasteiger partial charge >= 0.3 is 0 Å². The Hall–Kier alpha value is -2.17. The van der Waals surface area contributed by atoms with E-state index in [1.165, 1.54) is 12.1 Å². The molecule has 0 spiro atoms. The minimum Gasteiger partial charge on any atom is -0.379 e. The van der Waals surface area contributed by atoms with Crippen molar-refractivity contribution in [3.8, 4) is 6.07 Å². The predicted octanol–water partition coefficient (Wildman–Crippen LogP) is 2.03. The average Bonchev–Trinajstić information content (AvgIpc) is 2.86. The Morgan fingerprint density at radius 2 is 2.20 bits per heavy atom. The highest BCUT2D eigenvalue weighted by atomic mass is 16.7. The number of nitrogens with zero attached hydrogens (tertiary/aromatic N) is 2. The second kappa shape index (κ2) is 5.86. The summed E-state index contributed by atoms with van der Waals surface area (Å²) in [4.78, 5) is 10.5. The molecule has 0 saturated carbocycles. The maximum Gasteiger partial charge on any atom is 0.293 e. The van der Waals surface area contributed by atoms with Crippen molar-refractivity contribution in [1.29, 1.82) is 5.26 Å². The molecule has 0 aliphatic carbocycles. The van der Waals surface area contributed by atoms with Gasteiger partial charge in [0, 0.05) is 19.0 Å². The molecule has 1 fully saturated rings. The molecule has 7 heteroatoms. The number of nitrogens with one attached hydrogen (secondary N) is 1. The van der Waals surface area contributed by atoms with Gasteiger partial charge in [0.1, 0.15) is 5.69 Å². The molecule has 1 saturated heterocycles. The highest BCUT2D eigenvalue weighted by Crippen LogP contribution is 2.27. The minimum absolute atomic E-state index is 0.109.